The number of hydrogen-bond acceptors (Lipinski definition) is 1. The molecule has 0 radical (unpaired) electrons. The largest absolute Gasteiger partial charge is 0.481 e. The van der Waals surface area contributed by atoms with E-state index in [9.17, 15) is 4.79 Å². The molecule has 0 aromatic rings. The lowest BCUT2D eigenvalue weighted by Gasteiger charge is -1.99. The van der Waals surface area contributed by atoms with Crippen LogP contribution in [0.1, 0.15) is 26.2 Å². The lowest BCUT2D eigenvalue weighted by atomic mass is 10.1. The first kappa shape index (κ1) is 10.8. The van der Waals surface area contributed by atoms with Crippen molar-refractivity contribution in [1.29, 1.82) is 0 Å². The molecule has 0 saturated carbocycles. The molecule has 0 bridgehead atoms. The fourth-order valence-electron chi connectivity index (χ4n) is 0.686. The molecule has 0 amide bonds. The van der Waals surface area contributed by atoms with E-state index < -0.39 is 5.97 Å². The van der Waals surface area contributed by atoms with Gasteiger partial charge in [0.1, 0.15) is 0 Å². The molecule has 0 aliphatic carbocycles. The summed E-state index contributed by atoms with van der Waals surface area (Å²) in [6.45, 7) is 1.69. The van der Waals surface area contributed by atoms with E-state index in [1.807, 2.05) is 12.2 Å². The highest BCUT2D eigenvalue weighted by atomic mass is 16.4. The molecule has 2 nitrogen and oxygen atoms in total. The van der Waals surface area contributed by atoms with Gasteiger partial charge in [-0.25, -0.2) is 0 Å². The average Bonchev–Trinajstić information content (AvgIpc) is 2.03. The molecule has 0 fully saturated rings. The SMILES string of the molecule is C#CCCC=CCC(C)C(=O)O. The minimum atomic E-state index is -0.753. The Bertz CT molecular complexity index is 198. The molecular formula is C10H14O2. The third-order valence-corrected chi connectivity index (χ3v) is 1.53. The van der Waals surface area contributed by atoms with Crippen molar-refractivity contribution >= 4 is 5.97 Å². The highest BCUT2D eigenvalue weighted by Gasteiger charge is 2.06. The van der Waals surface area contributed by atoms with Crippen LogP contribution in [-0.4, -0.2) is 11.1 Å². The van der Waals surface area contributed by atoms with Crippen LogP contribution in [0.3, 0.4) is 0 Å². The first-order valence-corrected chi connectivity index (χ1v) is 3.99. The second-order valence-corrected chi connectivity index (χ2v) is 2.69. The molecule has 0 aromatic carbocycles. The number of rotatable bonds is 5. The highest BCUT2D eigenvalue weighted by Crippen LogP contribution is 2.03. The number of carbonyl (C=O) groups is 1. The number of aliphatic carboxylic acids is 1. The number of carboxylic acids is 1. The van der Waals surface area contributed by atoms with Gasteiger partial charge in [0.25, 0.3) is 0 Å². The van der Waals surface area contributed by atoms with Gasteiger partial charge in [0.2, 0.25) is 0 Å². The van der Waals surface area contributed by atoms with Crippen LogP contribution < -0.4 is 0 Å². The predicted molar refractivity (Wildman–Crippen MR) is 48.6 cm³/mol. The molecule has 0 rings (SSSR count). The Kier molecular flexibility index (Phi) is 5.81. The van der Waals surface area contributed by atoms with Gasteiger partial charge < -0.3 is 5.11 Å². The molecule has 1 atom stereocenters. The van der Waals surface area contributed by atoms with Crippen molar-refractivity contribution in [3.63, 3.8) is 0 Å². The molecule has 12 heavy (non-hydrogen) atoms. The Labute approximate surface area is 73.3 Å². The van der Waals surface area contributed by atoms with Crippen LogP contribution in [-0.2, 0) is 4.79 Å². The van der Waals surface area contributed by atoms with E-state index in [1.54, 1.807) is 6.92 Å². The molecule has 0 aliphatic heterocycles. The van der Waals surface area contributed by atoms with Gasteiger partial charge in [-0.15, -0.1) is 12.3 Å². The van der Waals surface area contributed by atoms with Gasteiger partial charge in [-0.1, -0.05) is 19.1 Å². The van der Waals surface area contributed by atoms with Crippen molar-refractivity contribution in [2.45, 2.75) is 26.2 Å². The summed E-state index contributed by atoms with van der Waals surface area (Å²) in [5, 5.41) is 8.52. The average molecular weight is 166 g/mol. The van der Waals surface area contributed by atoms with Gasteiger partial charge in [-0.3, -0.25) is 4.79 Å². The van der Waals surface area contributed by atoms with Crippen LogP contribution in [0.15, 0.2) is 12.2 Å². The number of allylic oxidation sites excluding steroid dienone is 2. The van der Waals surface area contributed by atoms with E-state index in [1.165, 1.54) is 0 Å². The number of terminal acetylenes is 1. The van der Waals surface area contributed by atoms with Gasteiger partial charge >= 0.3 is 5.97 Å². The summed E-state index contributed by atoms with van der Waals surface area (Å²) < 4.78 is 0. The molecule has 1 N–H and O–H groups in total. The summed E-state index contributed by atoms with van der Waals surface area (Å²) in [6.07, 6.45) is 11.0. The smallest absolute Gasteiger partial charge is 0.306 e. The van der Waals surface area contributed by atoms with Gasteiger partial charge in [0.05, 0.1) is 5.92 Å². The second-order valence-electron chi connectivity index (χ2n) is 2.69. The molecule has 0 heterocycles. The van der Waals surface area contributed by atoms with Crippen LogP contribution >= 0.6 is 0 Å². The zero-order chi connectivity index (χ0) is 9.40. The Morgan fingerprint density at radius 3 is 2.83 bits per heavy atom. The molecular weight excluding hydrogens is 152 g/mol. The summed E-state index contributed by atoms with van der Waals surface area (Å²) in [5.74, 6) is 1.46. The van der Waals surface area contributed by atoms with Crippen LogP contribution in [0.25, 0.3) is 0 Å². The van der Waals surface area contributed by atoms with Gasteiger partial charge in [-0.05, 0) is 12.8 Å². The van der Waals surface area contributed by atoms with Crippen molar-refractivity contribution in [3.05, 3.63) is 12.2 Å². The van der Waals surface area contributed by atoms with Crippen LogP contribution in [0, 0.1) is 18.3 Å². The summed E-state index contributed by atoms with van der Waals surface area (Å²) in [4.78, 5) is 10.4. The van der Waals surface area contributed by atoms with Gasteiger partial charge in [0, 0.05) is 6.42 Å². The topological polar surface area (TPSA) is 37.3 Å². The lowest BCUT2D eigenvalue weighted by Crippen LogP contribution is -2.07. The number of unbranched alkanes of at least 4 members (excludes halogenated alkanes) is 1. The van der Waals surface area contributed by atoms with Crippen LogP contribution in [0.5, 0.6) is 0 Å². The minimum Gasteiger partial charge on any atom is -0.481 e. The molecule has 66 valence electrons. The van der Waals surface area contributed by atoms with E-state index in [4.69, 9.17) is 11.5 Å². The Hall–Kier alpha value is -1.23. The number of hydrogen-bond donors (Lipinski definition) is 1. The Morgan fingerprint density at radius 1 is 1.67 bits per heavy atom. The van der Waals surface area contributed by atoms with E-state index in [-0.39, 0.29) is 5.92 Å². The van der Waals surface area contributed by atoms with E-state index in [2.05, 4.69) is 5.92 Å². The maximum absolute atomic E-state index is 10.4. The van der Waals surface area contributed by atoms with E-state index in [0.29, 0.717) is 6.42 Å². The fraction of sp³-hybridized carbons (Fsp3) is 0.500. The van der Waals surface area contributed by atoms with Crippen molar-refractivity contribution < 1.29 is 9.90 Å². The minimum absolute atomic E-state index is 0.299. The Balaban J connectivity index is 3.48. The standard InChI is InChI=1S/C10H14O2/c1-3-4-5-6-7-8-9(2)10(11)12/h1,6-7,9H,4-5,8H2,2H3,(H,11,12). The quantitative estimate of drug-likeness (QED) is 0.385. The maximum Gasteiger partial charge on any atom is 0.306 e. The summed E-state index contributed by atoms with van der Waals surface area (Å²) in [7, 11) is 0. The van der Waals surface area contributed by atoms with Crippen LogP contribution in [0.2, 0.25) is 0 Å². The van der Waals surface area contributed by atoms with E-state index >= 15 is 0 Å². The second kappa shape index (κ2) is 6.48. The van der Waals surface area contributed by atoms with Crippen LogP contribution in [0.4, 0.5) is 0 Å². The number of carboxylic acid groups (broad SMARTS) is 1. The lowest BCUT2D eigenvalue weighted by molar-refractivity contribution is -0.140. The van der Waals surface area contributed by atoms with Crippen molar-refractivity contribution in [3.8, 4) is 12.3 Å². The van der Waals surface area contributed by atoms with Gasteiger partial charge in [-0.2, -0.15) is 0 Å². The maximum atomic E-state index is 10.4. The molecule has 1 unspecified atom stereocenters. The zero-order valence-corrected chi connectivity index (χ0v) is 7.29. The van der Waals surface area contributed by atoms with Gasteiger partial charge in [0.15, 0.2) is 0 Å². The highest BCUT2D eigenvalue weighted by molar-refractivity contribution is 5.69. The molecule has 0 aromatic heterocycles. The summed E-state index contributed by atoms with van der Waals surface area (Å²) >= 11 is 0. The van der Waals surface area contributed by atoms with Crippen molar-refractivity contribution in [2.75, 3.05) is 0 Å². The molecule has 2 heteroatoms. The Morgan fingerprint density at radius 2 is 2.33 bits per heavy atom. The van der Waals surface area contributed by atoms with E-state index in [0.717, 1.165) is 12.8 Å². The first-order valence-electron chi connectivity index (χ1n) is 3.99. The summed E-state index contributed by atoms with van der Waals surface area (Å²) in [6, 6.07) is 0. The summed E-state index contributed by atoms with van der Waals surface area (Å²) in [5.41, 5.74) is 0. The molecule has 0 spiro atoms. The van der Waals surface area contributed by atoms with Crippen molar-refractivity contribution in [2.24, 2.45) is 5.92 Å². The van der Waals surface area contributed by atoms with Crippen molar-refractivity contribution in [1.82, 2.24) is 0 Å². The first-order chi connectivity index (χ1) is 5.68. The third kappa shape index (κ3) is 5.55. The zero-order valence-electron chi connectivity index (χ0n) is 7.29. The normalized spacial score (nSPS) is 12.7. The predicted octanol–water partition coefficient (Wildman–Crippen LogP) is 2.07. The monoisotopic (exact) mass is 166 g/mol. The molecule has 0 aliphatic rings. The third-order valence-electron chi connectivity index (χ3n) is 1.53. The fourth-order valence-corrected chi connectivity index (χ4v) is 0.686. The molecule has 0 saturated heterocycles.